The molecule has 136 valence electrons. The van der Waals surface area contributed by atoms with Gasteiger partial charge in [-0.25, -0.2) is 4.98 Å². The zero-order valence-corrected chi connectivity index (χ0v) is 15.6. The minimum atomic E-state index is -0.284. The number of nitrogens with one attached hydrogen (secondary N) is 1. The van der Waals surface area contributed by atoms with Crippen LogP contribution in [0.4, 0.5) is 0 Å². The van der Waals surface area contributed by atoms with Crippen LogP contribution in [0.15, 0.2) is 12.4 Å². The van der Waals surface area contributed by atoms with Crippen molar-refractivity contribution in [1.82, 2.24) is 20.2 Å². The van der Waals surface area contributed by atoms with E-state index in [1.54, 1.807) is 6.20 Å². The van der Waals surface area contributed by atoms with Crippen molar-refractivity contribution in [2.24, 2.45) is 10.8 Å². The Hall–Kier alpha value is -1.98. The summed E-state index contributed by atoms with van der Waals surface area (Å²) in [5, 5.41) is 2.77. The standard InChI is InChI=1S/C19H28N4O2/c1-13-9-22-15(10-21-13)17(25)20-6-5-16(24)23-12-19(4)8-14(23)7-18(2,3)11-19/h9-10,14H,5-8,11-12H2,1-4H3,(H,20,25). The number of likely N-dealkylation sites (tertiary alicyclic amines) is 1. The van der Waals surface area contributed by atoms with E-state index in [2.05, 4.69) is 36.1 Å². The van der Waals surface area contributed by atoms with Gasteiger partial charge in [-0.2, -0.15) is 0 Å². The molecule has 0 radical (unpaired) electrons. The zero-order chi connectivity index (χ0) is 18.2. The molecule has 6 heteroatoms. The van der Waals surface area contributed by atoms with Crippen LogP contribution in [0.3, 0.4) is 0 Å². The molecule has 2 heterocycles. The first-order valence-corrected chi connectivity index (χ1v) is 9.04. The maximum absolute atomic E-state index is 12.7. The molecule has 2 aliphatic rings. The van der Waals surface area contributed by atoms with E-state index in [0.29, 0.717) is 24.4 Å². The highest BCUT2D eigenvalue weighted by Gasteiger charge is 2.50. The predicted octanol–water partition coefficient (Wildman–Crippen LogP) is 2.33. The number of carbonyl (C=O) groups is 2. The van der Waals surface area contributed by atoms with Crippen LogP contribution in [0, 0.1) is 17.8 Å². The number of hydrogen-bond donors (Lipinski definition) is 1. The summed E-state index contributed by atoms with van der Waals surface area (Å²) in [6.07, 6.45) is 6.69. The third-order valence-electron chi connectivity index (χ3n) is 5.37. The molecule has 2 atom stereocenters. The smallest absolute Gasteiger partial charge is 0.271 e. The lowest BCUT2D eigenvalue weighted by molar-refractivity contribution is -0.132. The minimum absolute atomic E-state index is 0.140. The molecule has 0 spiro atoms. The van der Waals surface area contributed by atoms with E-state index in [-0.39, 0.29) is 22.9 Å². The highest BCUT2D eigenvalue weighted by Crippen LogP contribution is 2.52. The van der Waals surface area contributed by atoms with E-state index in [1.165, 1.54) is 12.6 Å². The van der Waals surface area contributed by atoms with Crippen LogP contribution in [-0.2, 0) is 4.79 Å². The van der Waals surface area contributed by atoms with Crippen molar-refractivity contribution in [3.05, 3.63) is 23.8 Å². The van der Waals surface area contributed by atoms with Gasteiger partial charge in [0, 0.05) is 31.7 Å². The van der Waals surface area contributed by atoms with Crippen molar-refractivity contribution >= 4 is 11.8 Å². The summed E-state index contributed by atoms with van der Waals surface area (Å²) in [4.78, 5) is 34.9. The Labute approximate surface area is 149 Å². The highest BCUT2D eigenvalue weighted by atomic mass is 16.2. The van der Waals surface area contributed by atoms with Gasteiger partial charge in [0.2, 0.25) is 5.91 Å². The Morgan fingerprint density at radius 2 is 2.00 bits per heavy atom. The van der Waals surface area contributed by atoms with Crippen molar-refractivity contribution in [2.75, 3.05) is 13.1 Å². The van der Waals surface area contributed by atoms with E-state index in [9.17, 15) is 9.59 Å². The summed E-state index contributed by atoms with van der Waals surface area (Å²) in [5.74, 6) is -0.143. The van der Waals surface area contributed by atoms with Crippen molar-refractivity contribution < 1.29 is 9.59 Å². The normalized spacial score (nSPS) is 27.2. The molecule has 1 N–H and O–H groups in total. The van der Waals surface area contributed by atoms with Crippen LogP contribution in [-0.4, -0.2) is 45.8 Å². The largest absolute Gasteiger partial charge is 0.350 e. The quantitative estimate of drug-likeness (QED) is 0.910. The summed E-state index contributed by atoms with van der Waals surface area (Å²) in [6.45, 7) is 9.89. The van der Waals surface area contributed by atoms with Gasteiger partial charge in [-0.05, 0) is 37.0 Å². The summed E-state index contributed by atoms with van der Waals surface area (Å²) in [6, 6.07) is 0.347. The van der Waals surface area contributed by atoms with E-state index < -0.39 is 0 Å². The van der Waals surface area contributed by atoms with E-state index in [4.69, 9.17) is 0 Å². The lowest BCUT2D eigenvalue weighted by atomic mass is 9.65. The number of rotatable bonds is 4. The van der Waals surface area contributed by atoms with Gasteiger partial charge >= 0.3 is 0 Å². The fraction of sp³-hybridized carbons (Fsp3) is 0.684. The lowest BCUT2D eigenvalue weighted by Crippen LogP contribution is -2.39. The predicted molar refractivity (Wildman–Crippen MR) is 95.0 cm³/mol. The first kappa shape index (κ1) is 17.8. The first-order chi connectivity index (χ1) is 11.7. The van der Waals surface area contributed by atoms with E-state index in [1.807, 2.05) is 11.8 Å². The maximum atomic E-state index is 12.7. The van der Waals surface area contributed by atoms with Gasteiger partial charge in [-0.15, -0.1) is 0 Å². The summed E-state index contributed by atoms with van der Waals surface area (Å²) in [7, 11) is 0. The first-order valence-electron chi connectivity index (χ1n) is 9.04. The summed E-state index contributed by atoms with van der Waals surface area (Å²) < 4.78 is 0. The van der Waals surface area contributed by atoms with Crippen LogP contribution in [0.2, 0.25) is 0 Å². The molecule has 25 heavy (non-hydrogen) atoms. The average Bonchev–Trinajstić information content (AvgIpc) is 2.76. The van der Waals surface area contributed by atoms with Gasteiger partial charge in [0.1, 0.15) is 5.69 Å². The third kappa shape index (κ3) is 3.99. The van der Waals surface area contributed by atoms with Crippen molar-refractivity contribution in [3.63, 3.8) is 0 Å². The van der Waals surface area contributed by atoms with Crippen molar-refractivity contribution in [2.45, 2.75) is 59.4 Å². The molecule has 2 bridgehead atoms. The number of hydrogen-bond acceptors (Lipinski definition) is 4. The molecule has 2 amide bonds. The Morgan fingerprint density at radius 3 is 2.68 bits per heavy atom. The molecule has 2 fully saturated rings. The fourth-order valence-electron chi connectivity index (χ4n) is 4.78. The molecule has 1 aliphatic heterocycles. The maximum Gasteiger partial charge on any atom is 0.271 e. The van der Waals surface area contributed by atoms with Crippen LogP contribution in [0.25, 0.3) is 0 Å². The van der Waals surface area contributed by atoms with Gasteiger partial charge in [0.05, 0.1) is 11.9 Å². The van der Waals surface area contributed by atoms with Crippen LogP contribution < -0.4 is 5.32 Å². The van der Waals surface area contributed by atoms with Gasteiger partial charge < -0.3 is 10.2 Å². The number of amides is 2. The minimum Gasteiger partial charge on any atom is -0.350 e. The second kappa shape index (κ2) is 6.39. The summed E-state index contributed by atoms with van der Waals surface area (Å²) >= 11 is 0. The molecule has 1 aromatic rings. The Bertz CT molecular complexity index is 671. The molecule has 1 saturated heterocycles. The molecule has 1 aliphatic carbocycles. The average molecular weight is 344 g/mol. The lowest BCUT2D eigenvalue weighted by Gasteiger charge is -2.39. The molecule has 1 saturated carbocycles. The van der Waals surface area contributed by atoms with Crippen molar-refractivity contribution in [3.8, 4) is 0 Å². The Kier molecular flexibility index (Phi) is 4.56. The molecule has 6 nitrogen and oxygen atoms in total. The number of nitrogens with zero attached hydrogens (tertiary/aromatic N) is 3. The molecule has 1 aromatic heterocycles. The van der Waals surface area contributed by atoms with Gasteiger partial charge in [0.15, 0.2) is 0 Å². The molecular weight excluding hydrogens is 316 g/mol. The van der Waals surface area contributed by atoms with Gasteiger partial charge in [0.25, 0.3) is 5.91 Å². The molecular formula is C19H28N4O2. The van der Waals surface area contributed by atoms with Crippen LogP contribution >= 0.6 is 0 Å². The zero-order valence-electron chi connectivity index (χ0n) is 15.6. The number of aromatic nitrogens is 2. The molecule has 2 unspecified atom stereocenters. The summed E-state index contributed by atoms with van der Waals surface area (Å²) in [5.41, 5.74) is 1.58. The van der Waals surface area contributed by atoms with Crippen LogP contribution in [0.1, 0.15) is 62.6 Å². The van der Waals surface area contributed by atoms with E-state index >= 15 is 0 Å². The Balaban J connectivity index is 1.52. The van der Waals surface area contributed by atoms with Crippen LogP contribution in [0.5, 0.6) is 0 Å². The molecule has 3 rings (SSSR count). The SMILES string of the molecule is Cc1cnc(C(=O)NCCC(=O)N2CC3(C)CC2CC(C)(C)C3)cn1. The number of aryl methyl sites for hydroxylation is 1. The van der Waals surface area contributed by atoms with E-state index in [0.717, 1.165) is 25.1 Å². The second-order valence-corrected chi connectivity index (χ2v) is 8.78. The second-order valence-electron chi connectivity index (χ2n) is 8.78. The number of carbonyl (C=O) groups excluding carboxylic acids is 2. The number of fused-ring (bicyclic) bond motifs is 2. The third-order valence-corrected chi connectivity index (χ3v) is 5.37. The Morgan fingerprint density at radius 1 is 1.24 bits per heavy atom. The van der Waals surface area contributed by atoms with Crippen molar-refractivity contribution in [1.29, 1.82) is 0 Å². The highest BCUT2D eigenvalue weighted by molar-refractivity contribution is 5.92. The topological polar surface area (TPSA) is 75.2 Å². The molecule has 0 aromatic carbocycles. The monoisotopic (exact) mass is 344 g/mol. The fourth-order valence-corrected chi connectivity index (χ4v) is 4.78. The van der Waals surface area contributed by atoms with Gasteiger partial charge in [-0.3, -0.25) is 14.6 Å². The van der Waals surface area contributed by atoms with Gasteiger partial charge in [-0.1, -0.05) is 20.8 Å².